The zero-order valence-electron chi connectivity index (χ0n) is 16.2. The van der Waals surface area contributed by atoms with E-state index in [4.69, 9.17) is 4.99 Å². The number of H-pyrrole nitrogens is 1. The fraction of sp³-hybridized carbons (Fsp3) is 0.348. The van der Waals surface area contributed by atoms with Crippen LogP contribution in [0, 0.1) is 17.6 Å². The van der Waals surface area contributed by atoms with Gasteiger partial charge in [0.1, 0.15) is 17.8 Å². The Kier molecular flexibility index (Phi) is 4.79. The van der Waals surface area contributed by atoms with Crippen LogP contribution in [-0.4, -0.2) is 35.7 Å². The molecule has 29 heavy (non-hydrogen) atoms. The summed E-state index contributed by atoms with van der Waals surface area (Å²) in [5.41, 5.74) is 2.10. The minimum absolute atomic E-state index is 0.0682. The Hall–Kier alpha value is -2.73. The molecule has 1 fully saturated rings. The van der Waals surface area contributed by atoms with Crippen LogP contribution >= 0.6 is 0 Å². The Morgan fingerprint density at radius 2 is 1.83 bits per heavy atom. The van der Waals surface area contributed by atoms with Crippen molar-refractivity contribution in [3.8, 4) is 0 Å². The van der Waals surface area contributed by atoms with Crippen LogP contribution in [0.25, 0.3) is 17.1 Å². The normalized spacial score (nSPS) is 20.0. The Morgan fingerprint density at radius 3 is 2.69 bits per heavy atom. The van der Waals surface area contributed by atoms with E-state index in [2.05, 4.69) is 15.2 Å². The SMILES string of the molecule is Fc1ccc2c(c1)=CNC(C1CCN(CCc3c[nH]c4cc(F)ccc34)CC1)N=2. The lowest BCUT2D eigenvalue weighted by Crippen LogP contribution is -2.46. The molecule has 6 heteroatoms. The summed E-state index contributed by atoms with van der Waals surface area (Å²) in [4.78, 5) is 10.5. The number of hydrogen-bond acceptors (Lipinski definition) is 3. The molecule has 1 saturated heterocycles. The average molecular weight is 394 g/mol. The van der Waals surface area contributed by atoms with Gasteiger partial charge in [-0.15, -0.1) is 0 Å². The van der Waals surface area contributed by atoms with Crippen molar-refractivity contribution in [2.75, 3.05) is 19.6 Å². The summed E-state index contributed by atoms with van der Waals surface area (Å²) >= 11 is 0. The minimum Gasteiger partial charge on any atom is -0.369 e. The van der Waals surface area contributed by atoms with Gasteiger partial charge in [-0.1, -0.05) is 0 Å². The maximum absolute atomic E-state index is 13.4. The maximum atomic E-state index is 13.4. The lowest BCUT2D eigenvalue weighted by molar-refractivity contribution is 0.165. The molecule has 0 aliphatic carbocycles. The van der Waals surface area contributed by atoms with Crippen LogP contribution in [0.3, 0.4) is 0 Å². The number of piperidine rings is 1. The fourth-order valence-electron chi connectivity index (χ4n) is 4.50. The molecule has 2 aliphatic rings. The van der Waals surface area contributed by atoms with Gasteiger partial charge < -0.3 is 15.2 Å². The predicted molar refractivity (Wildman–Crippen MR) is 110 cm³/mol. The van der Waals surface area contributed by atoms with Gasteiger partial charge in [-0.25, -0.2) is 8.78 Å². The van der Waals surface area contributed by atoms with Gasteiger partial charge in [0.2, 0.25) is 0 Å². The number of aromatic nitrogens is 1. The summed E-state index contributed by atoms with van der Waals surface area (Å²) in [6.07, 6.45) is 7.09. The summed E-state index contributed by atoms with van der Waals surface area (Å²) in [6, 6.07) is 9.68. The third-order valence-corrected chi connectivity index (χ3v) is 6.18. The van der Waals surface area contributed by atoms with E-state index in [0.717, 1.165) is 60.4 Å². The number of nitrogens with one attached hydrogen (secondary N) is 2. The molecule has 4 nitrogen and oxygen atoms in total. The standard InChI is InChI=1S/C23H24F2N4/c24-18-2-4-21-17(11-18)14-27-23(28-21)15-5-8-29(9-6-15)10-7-16-13-26-22-12-19(25)1-3-20(16)22/h1-4,11-15,23,26-27H,5-10H2. The molecule has 2 N–H and O–H groups in total. The number of likely N-dealkylation sites (tertiary alicyclic amines) is 1. The molecular weight excluding hydrogens is 370 g/mol. The van der Waals surface area contributed by atoms with E-state index in [9.17, 15) is 8.78 Å². The highest BCUT2D eigenvalue weighted by Crippen LogP contribution is 2.24. The number of benzene rings is 2. The van der Waals surface area contributed by atoms with Gasteiger partial charge in [0.05, 0.1) is 5.36 Å². The summed E-state index contributed by atoms with van der Waals surface area (Å²) < 4.78 is 26.7. The van der Waals surface area contributed by atoms with Crippen LogP contribution in [0.4, 0.5) is 8.78 Å². The zero-order valence-corrected chi connectivity index (χ0v) is 16.2. The molecule has 0 bridgehead atoms. The number of aromatic amines is 1. The second-order valence-electron chi connectivity index (χ2n) is 8.02. The number of fused-ring (bicyclic) bond motifs is 2. The van der Waals surface area contributed by atoms with Crippen molar-refractivity contribution in [2.24, 2.45) is 10.9 Å². The van der Waals surface area contributed by atoms with Crippen molar-refractivity contribution in [3.63, 3.8) is 0 Å². The lowest BCUT2D eigenvalue weighted by atomic mass is 9.93. The van der Waals surface area contributed by atoms with Gasteiger partial charge in [0.15, 0.2) is 0 Å². The van der Waals surface area contributed by atoms with Gasteiger partial charge in [0, 0.05) is 41.0 Å². The van der Waals surface area contributed by atoms with Gasteiger partial charge in [-0.05, 0) is 74.3 Å². The van der Waals surface area contributed by atoms with E-state index in [1.165, 1.54) is 23.8 Å². The van der Waals surface area contributed by atoms with E-state index in [0.29, 0.717) is 5.92 Å². The zero-order chi connectivity index (χ0) is 19.8. The second kappa shape index (κ2) is 7.59. The number of hydrogen-bond donors (Lipinski definition) is 2. The number of rotatable bonds is 4. The first-order valence-corrected chi connectivity index (χ1v) is 10.2. The maximum Gasteiger partial charge on any atom is 0.125 e. The van der Waals surface area contributed by atoms with Crippen LogP contribution in [0.15, 0.2) is 47.6 Å². The Bertz CT molecular complexity index is 1150. The third kappa shape index (κ3) is 3.77. The van der Waals surface area contributed by atoms with E-state index in [1.807, 2.05) is 18.5 Å². The molecule has 1 aromatic heterocycles. The molecule has 0 amide bonds. The highest BCUT2D eigenvalue weighted by molar-refractivity contribution is 5.83. The molecule has 150 valence electrons. The monoisotopic (exact) mass is 394 g/mol. The van der Waals surface area contributed by atoms with E-state index < -0.39 is 0 Å². The van der Waals surface area contributed by atoms with E-state index in [1.54, 1.807) is 12.1 Å². The summed E-state index contributed by atoms with van der Waals surface area (Å²) in [5, 5.41) is 6.15. The molecule has 1 unspecified atom stereocenters. The molecule has 1 atom stereocenters. The summed E-state index contributed by atoms with van der Waals surface area (Å²) in [7, 11) is 0. The molecule has 3 aromatic rings. The van der Waals surface area contributed by atoms with E-state index in [-0.39, 0.29) is 17.8 Å². The Labute approximate surface area is 167 Å². The van der Waals surface area contributed by atoms with Crippen molar-refractivity contribution in [1.82, 2.24) is 15.2 Å². The molecule has 2 aliphatic heterocycles. The molecular formula is C23H24F2N4. The second-order valence-corrected chi connectivity index (χ2v) is 8.02. The van der Waals surface area contributed by atoms with Crippen LogP contribution in [0.1, 0.15) is 18.4 Å². The lowest BCUT2D eigenvalue weighted by Gasteiger charge is -2.35. The molecule has 3 heterocycles. The largest absolute Gasteiger partial charge is 0.369 e. The van der Waals surface area contributed by atoms with Crippen molar-refractivity contribution < 1.29 is 8.78 Å². The topological polar surface area (TPSA) is 43.4 Å². The van der Waals surface area contributed by atoms with Gasteiger partial charge in [0.25, 0.3) is 0 Å². The fourth-order valence-corrected chi connectivity index (χ4v) is 4.50. The first-order valence-electron chi connectivity index (χ1n) is 10.2. The van der Waals surface area contributed by atoms with Crippen molar-refractivity contribution in [2.45, 2.75) is 25.4 Å². The minimum atomic E-state index is -0.232. The molecule has 5 rings (SSSR count). The first kappa shape index (κ1) is 18.3. The van der Waals surface area contributed by atoms with Crippen molar-refractivity contribution in [3.05, 3.63) is 70.4 Å². The summed E-state index contributed by atoms with van der Waals surface area (Å²) in [5.74, 6) is 0.0422. The van der Waals surface area contributed by atoms with Crippen LogP contribution < -0.4 is 15.9 Å². The van der Waals surface area contributed by atoms with Crippen molar-refractivity contribution in [1.29, 1.82) is 0 Å². The Balaban J connectivity index is 1.18. The smallest absolute Gasteiger partial charge is 0.125 e. The molecule has 0 spiro atoms. The predicted octanol–water partition coefficient (Wildman–Crippen LogP) is 2.69. The van der Waals surface area contributed by atoms with Gasteiger partial charge in [-0.2, -0.15) is 0 Å². The number of nitrogens with zero attached hydrogens (tertiary/aromatic N) is 2. The van der Waals surface area contributed by atoms with E-state index >= 15 is 0 Å². The van der Waals surface area contributed by atoms with Crippen molar-refractivity contribution >= 4 is 17.1 Å². The van der Waals surface area contributed by atoms with Gasteiger partial charge >= 0.3 is 0 Å². The summed E-state index contributed by atoms with van der Waals surface area (Å²) in [6.45, 7) is 3.10. The third-order valence-electron chi connectivity index (χ3n) is 6.18. The van der Waals surface area contributed by atoms with Crippen LogP contribution in [-0.2, 0) is 6.42 Å². The van der Waals surface area contributed by atoms with Crippen LogP contribution in [0.2, 0.25) is 0 Å². The average Bonchev–Trinajstić information content (AvgIpc) is 3.14. The quantitative estimate of drug-likeness (QED) is 0.715. The molecule has 2 aromatic carbocycles. The number of halogens is 2. The highest BCUT2D eigenvalue weighted by atomic mass is 19.1. The first-order chi connectivity index (χ1) is 14.2. The molecule has 0 radical (unpaired) electrons. The van der Waals surface area contributed by atoms with Gasteiger partial charge in [-0.3, -0.25) is 4.99 Å². The molecule has 0 saturated carbocycles. The van der Waals surface area contributed by atoms with Crippen LogP contribution in [0.5, 0.6) is 0 Å². The Morgan fingerprint density at radius 1 is 1.03 bits per heavy atom. The highest BCUT2D eigenvalue weighted by Gasteiger charge is 2.26.